The van der Waals surface area contributed by atoms with Crippen LogP contribution in [0.15, 0.2) is 36.4 Å². The highest BCUT2D eigenvalue weighted by Gasteiger charge is 2.32. The van der Waals surface area contributed by atoms with Crippen molar-refractivity contribution in [3.63, 3.8) is 0 Å². The SMILES string of the molecule is Cc1cc(Cl)c(NC2CC(c3ccccc3F)C2)cc1Cl. The molecule has 0 bridgehead atoms. The maximum Gasteiger partial charge on any atom is 0.126 e. The van der Waals surface area contributed by atoms with Gasteiger partial charge in [0, 0.05) is 11.1 Å². The molecule has 1 saturated carbocycles. The molecule has 21 heavy (non-hydrogen) atoms. The van der Waals surface area contributed by atoms with Gasteiger partial charge in [0.25, 0.3) is 0 Å². The zero-order valence-corrected chi connectivity index (χ0v) is 13.2. The third kappa shape index (κ3) is 3.02. The standard InChI is InChI=1S/C17H16Cl2FN/c1-10-6-15(19)17(9-14(10)18)21-12-7-11(8-12)13-4-2-3-5-16(13)20/h2-6,9,11-12,21H,7-8H2,1H3. The van der Waals surface area contributed by atoms with Gasteiger partial charge in [-0.3, -0.25) is 0 Å². The van der Waals surface area contributed by atoms with E-state index >= 15 is 0 Å². The highest BCUT2D eigenvalue weighted by molar-refractivity contribution is 6.35. The van der Waals surface area contributed by atoms with E-state index in [1.165, 1.54) is 6.07 Å². The number of hydrogen-bond acceptors (Lipinski definition) is 1. The summed E-state index contributed by atoms with van der Waals surface area (Å²) in [5.74, 6) is 0.167. The van der Waals surface area contributed by atoms with Gasteiger partial charge >= 0.3 is 0 Å². The van der Waals surface area contributed by atoms with Crippen molar-refractivity contribution < 1.29 is 4.39 Å². The van der Waals surface area contributed by atoms with Gasteiger partial charge in [0.1, 0.15) is 5.82 Å². The van der Waals surface area contributed by atoms with Gasteiger partial charge in [-0.2, -0.15) is 0 Å². The zero-order valence-electron chi connectivity index (χ0n) is 11.7. The molecule has 1 aliphatic rings. The highest BCUT2D eigenvalue weighted by atomic mass is 35.5. The third-order valence-electron chi connectivity index (χ3n) is 4.09. The fraction of sp³-hybridized carbons (Fsp3) is 0.294. The van der Waals surface area contributed by atoms with Crippen LogP contribution in [0.25, 0.3) is 0 Å². The lowest BCUT2D eigenvalue weighted by molar-refractivity contribution is 0.363. The Kier molecular flexibility index (Phi) is 4.10. The van der Waals surface area contributed by atoms with Gasteiger partial charge in [-0.25, -0.2) is 4.39 Å². The maximum absolute atomic E-state index is 13.7. The fourth-order valence-corrected chi connectivity index (χ4v) is 3.21. The molecular formula is C17H16Cl2FN. The molecule has 2 aromatic carbocycles. The summed E-state index contributed by atoms with van der Waals surface area (Å²) in [7, 11) is 0. The molecule has 1 N–H and O–H groups in total. The van der Waals surface area contributed by atoms with Gasteiger partial charge < -0.3 is 5.32 Å². The van der Waals surface area contributed by atoms with E-state index in [2.05, 4.69) is 5.32 Å². The molecule has 0 unspecified atom stereocenters. The Bertz CT molecular complexity index is 666. The normalized spacial score (nSPS) is 21.0. The minimum Gasteiger partial charge on any atom is -0.381 e. The van der Waals surface area contributed by atoms with E-state index < -0.39 is 0 Å². The van der Waals surface area contributed by atoms with Crippen LogP contribution in [0.5, 0.6) is 0 Å². The second-order valence-corrected chi connectivity index (χ2v) is 6.43. The van der Waals surface area contributed by atoms with Crippen LogP contribution in [0, 0.1) is 12.7 Å². The molecule has 0 atom stereocenters. The second-order valence-electron chi connectivity index (χ2n) is 5.61. The van der Waals surface area contributed by atoms with Gasteiger partial charge in [0.05, 0.1) is 10.7 Å². The zero-order chi connectivity index (χ0) is 15.0. The van der Waals surface area contributed by atoms with E-state index in [1.54, 1.807) is 6.07 Å². The minimum absolute atomic E-state index is 0.114. The van der Waals surface area contributed by atoms with E-state index in [0.717, 1.165) is 29.7 Å². The summed E-state index contributed by atoms with van der Waals surface area (Å²) >= 11 is 12.4. The van der Waals surface area contributed by atoms with Crippen LogP contribution in [0.2, 0.25) is 10.0 Å². The van der Waals surface area contributed by atoms with Crippen LogP contribution in [0.1, 0.15) is 29.9 Å². The van der Waals surface area contributed by atoms with Crippen molar-refractivity contribution in [1.82, 2.24) is 0 Å². The number of rotatable bonds is 3. The Morgan fingerprint density at radius 2 is 1.81 bits per heavy atom. The molecular weight excluding hydrogens is 308 g/mol. The number of halogens is 3. The number of benzene rings is 2. The van der Waals surface area contributed by atoms with Gasteiger partial charge in [0.2, 0.25) is 0 Å². The van der Waals surface area contributed by atoms with Crippen LogP contribution in [0.3, 0.4) is 0 Å². The Morgan fingerprint density at radius 3 is 2.52 bits per heavy atom. The summed E-state index contributed by atoms with van der Waals surface area (Å²) in [6, 6.07) is 11.0. The van der Waals surface area contributed by atoms with Crippen molar-refractivity contribution in [3.05, 3.63) is 63.4 Å². The number of anilines is 1. The molecule has 2 aromatic rings. The monoisotopic (exact) mass is 323 g/mol. The number of aryl methyl sites for hydroxylation is 1. The lowest BCUT2D eigenvalue weighted by atomic mass is 9.75. The van der Waals surface area contributed by atoms with Crippen molar-refractivity contribution in [2.24, 2.45) is 0 Å². The lowest BCUT2D eigenvalue weighted by Crippen LogP contribution is -2.34. The summed E-state index contributed by atoms with van der Waals surface area (Å²) in [5, 5.41) is 4.77. The molecule has 0 spiro atoms. The van der Waals surface area contributed by atoms with Crippen molar-refractivity contribution in [1.29, 1.82) is 0 Å². The van der Waals surface area contributed by atoms with Crippen molar-refractivity contribution in [2.75, 3.05) is 5.32 Å². The van der Waals surface area contributed by atoms with Crippen LogP contribution >= 0.6 is 23.2 Å². The molecule has 3 rings (SSSR count). The average molecular weight is 324 g/mol. The lowest BCUT2D eigenvalue weighted by Gasteiger charge is -2.37. The van der Waals surface area contributed by atoms with Crippen LogP contribution in [-0.2, 0) is 0 Å². The largest absolute Gasteiger partial charge is 0.381 e. The van der Waals surface area contributed by atoms with E-state index in [1.807, 2.05) is 31.2 Å². The first-order valence-electron chi connectivity index (χ1n) is 7.01. The van der Waals surface area contributed by atoms with E-state index in [4.69, 9.17) is 23.2 Å². The van der Waals surface area contributed by atoms with Crippen molar-refractivity contribution in [2.45, 2.75) is 31.7 Å². The predicted molar refractivity (Wildman–Crippen MR) is 87.0 cm³/mol. The van der Waals surface area contributed by atoms with Crippen molar-refractivity contribution in [3.8, 4) is 0 Å². The summed E-state index contributed by atoms with van der Waals surface area (Å²) in [6.45, 7) is 1.93. The van der Waals surface area contributed by atoms with Crippen LogP contribution < -0.4 is 5.32 Å². The summed E-state index contributed by atoms with van der Waals surface area (Å²) in [5.41, 5.74) is 2.62. The molecule has 0 heterocycles. The van der Waals surface area contributed by atoms with Gasteiger partial charge in [0.15, 0.2) is 0 Å². The quantitative estimate of drug-likeness (QED) is 0.752. The Hall–Kier alpha value is -1.25. The molecule has 0 saturated heterocycles. The predicted octanol–water partition coefficient (Wildman–Crippen LogP) is 5.80. The second kappa shape index (κ2) is 5.86. The Balaban J connectivity index is 1.65. The molecule has 0 aliphatic heterocycles. The smallest absolute Gasteiger partial charge is 0.126 e. The molecule has 1 nitrogen and oxygen atoms in total. The molecule has 4 heteroatoms. The summed E-state index contributed by atoms with van der Waals surface area (Å²) < 4.78 is 13.7. The van der Waals surface area contributed by atoms with Gasteiger partial charge in [-0.1, -0.05) is 41.4 Å². The van der Waals surface area contributed by atoms with Crippen LogP contribution in [-0.4, -0.2) is 6.04 Å². The van der Waals surface area contributed by atoms with Gasteiger partial charge in [-0.15, -0.1) is 0 Å². The van der Waals surface area contributed by atoms with Gasteiger partial charge in [-0.05, 0) is 55.0 Å². The Labute approximate surface area is 134 Å². The van der Waals surface area contributed by atoms with E-state index in [0.29, 0.717) is 16.1 Å². The first kappa shape index (κ1) is 14.7. The molecule has 110 valence electrons. The first-order chi connectivity index (χ1) is 10.0. The average Bonchev–Trinajstić information content (AvgIpc) is 2.40. The topological polar surface area (TPSA) is 12.0 Å². The summed E-state index contributed by atoms with van der Waals surface area (Å²) in [6.07, 6.45) is 1.81. The maximum atomic E-state index is 13.7. The molecule has 0 aromatic heterocycles. The van der Waals surface area contributed by atoms with E-state index in [-0.39, 0.29) is 11.7 Å². The molecule has 0 radical (unpaired) electrons. The fourth-order valence-electron chi connectivity index (χ4n) is 2.77. The highest BCUT2D eigenvalue weighted by Crippen LogP contribution is 2.40. The van der Waals surface area contributed by atoms with Crippen molar-refractivity contribution >= 4 is 28.9 Å². The molecule has 0 amide bonds. The summed E-state index contributed by atoms with van der Waals surface area (Å²) in [4.78, 5) is 0. The molecule has 1 fully saturated rings. The van der Waals surface area contributed by atoms with Crippen LogP contribution in [0.4, 0.5) is 10.1 Å². The Morgan fingerprint density at radius 1 is 1.10 bits per heavy atom. The first-order valence-corrected chi connectivity index (χ1v) is 7.77. The molecule has 1 aliphatic carbocycles. The minimum atomic E-state index is -0.114. The number of hydrogen-bond donors (Lipinski definition) is 1. The third-order valence-corrected chi connectivity index (χ3v) is 4.81. The number of nitrogens with one attached hydrogen (secondary N) is 1. The van der Waals surface area contributed by atoms with E-state index in [9.17, 15) is 4.39 Å².